The second kappa shape index (κ2) is 4.56. The maximum atomic E-state index is 11.8. The Balaban J connectivity index is 2.04. The Kier molecular flexibility index (Phi) is 3.09. The summed E-state index contributed by atoms with van der Waals surface area (Å²) in [7, 11) is -3.03. The van der Waals surface area contributed by atoms with Crippen LogP contribution in [0.5, 0.6) is 0 Å². The summed E-state index contributed by atoms with van der Waals surface area (Å²) in [6, 6.07) is -0.241. The molecule has 0 aliphatic carbocycles. The van der Waals surface area contributed by atoms with Crippen LogP contribution in [0.3, 0.4) is 0 Å². The standard InChI is InChI=1S/C11H13ClN4O3S/c1-6-9-10(15-11(12)13-6)16(4-8(17)14-9)7-2-3-20(18,19)5-7/h7H,2-5H2,1H3,(H,14,17). The van der Waals surface area contributed by atoms with Gasteiger partial charge in [-0.1, -0.05) is 0 Å². The number of halogens is 1. The number of anilines is 2. The van der Waals surface area contributed by atoms with Crippen LogP contribution in [0.1, 0.15) is 12.1 Å². The second-order valence-electron chi connectivity index (χ2n) is 5.01. The fraction of sp³-hybridized carbons (Fsp3) is 0.545. The molecule has 1 fully saturated rings. The molecule has 0 bridgehead atoms. The van der Waals surface area contributed by atoms with Crippen molar-refractivity contribution in [1.82, 2.24) is 9.97 Å². The number of rotatable bonds is 1. The van der Waals surface area contributed by atoms with Crippen molar-refractivity contribution in [2.24, 2.45) is 0 Å². The van der Waals surface area contributed by atoms with Crippen molar-refractivity contribution in [1.29, 1.82) is 0 Å². The van der Waals surface area contributed by atoms with E-state index in [0.717, 1.165) is 0 Å². The highest BCUT2D eigenvalue weighted by atomic mass is 35.5. The number of sulfone groups is 1. The monoisotopic (exact) mass is 316 g/mol. The highest BCUT2D eigenvalue weighted by Crippen LogP contribution is 2.34. The van der Waals surface area contributed by atoms with Gasteiger partial charge in [-0.2, -0.15) is 4.98 Å². The molecule has 1 atom stereocenters. The molecule has 7 nitrogen and oxygen atoms in total. The Labute approximate surface area is 121 Å². The van der Waals surface area contributed by atoms with Gasteiger partial charge in [0, 0.05) is 6.04 Å². The van der Waals surface area contributed by atoms with Crippen molar-refractivity contribution in [2.75, 3.05) is 28.3 Å². The molecule has 1 aromatic heterocycles. The Bertz CT molecular complexity index is 691. The van der Waals surface area contributed by atoms with E-state index in [0.29, 0.717) is 23.6 Å². The molecule has 1 unspecified atom stereocenters. The molecule has 2 aliphatic rings. The number of carbonyl (C=O) groups is 1. The molecule has 0 spiro atoms. The highest BCUT2D eigenvalue weighted by molar-refractivity contribution is 7.91. The number of aryl methyl sites for hydroxylation is 1. The lowest BCUT2D eigenvalue weighted by Crippen LogP contribution is -2.46. The normalized spacial score (nSPS) is 24.4. The minimum atomic E-state index is -3.03. The average molecular weight is 317 g/mol. The molecule has 0 saturated carbocycles. The first-order chi connectivity index (χ1) is 9.35. The summed E-state index contributed by atoms with van der Waals surface area (Å²) in [5.41, 5.74) is 1.08. The summed E-state index contributed by atoms with van der Waals surface area (Å²) in [5.74, 6) is 0.489. The molecule has 0 radical (unpaired) electrons. The molecule has 9 heteroatoms. The first-order valence-electron chi connectivity index (χ1n) is 6.17. The summed E-state index contributed by atoms with van der Waals surface area (Å²) in [6.45, 7) is 1.81. The van der Waals surface area contributed by atoms with Crippen LogP contribution in [0.4, 0.5) is 11.5 Å². The van der Waals surface area contributed by atoms with Crippen molar-refractivity contribution in [3.05, 3.63) is 11.0 Å². The van der Waals surface area contributed by atoms with Crippen molar-refractivity contribution in [2.45, 2.75) is 19.4 Å². The molecule has 1 amide bonds. The molecule has 20 heavy (non-hydrogen) atoms. The zero-order valence-corrected chi connectivity index (χ0v) is 12.3. The van der Waals surface area contributed by atoms with Gasteiger partial charge in [-0.05, 0) is 24.9 Å². The van der Waals surface area contributed by atoms with Crippen LogP contribution in [0.25, 0.3) is 0 Å². The van der Waals surface area contributed by atoms with Gasteiger partial charge in [-0.25, -0.2) is 13.4 Å². The summed E-state index contributed by atoms with van der Waals surface area (Å²) >= 11 is 5.87. The summed E-state index contributed by atoms with van der Waals surface area (Å²) in [4.78, 5) is 21.7. The minimum absolute atomic E-state index is 0.0421. The second-order valence-corrected chi connectivity index (χ2v) is 7.58. The van der Waals surface area contributed by atoms with E-state index in [1.807, 2.05) is 0 Å². The third-order valence-electron chi connectivity index (χ3n) is 3.54. The lowest BCUT2D eigenvalue weighted by Gasteiger charge is -2.34. The van der Waals surface area contributed by atoms with Crippen LogP contribution in [-0.2, 0) is 14.6 Å². The van der Waals surface area contributed by atoms with E-state index >= 15 is 0 Å². The molecular weight excluding hydrogens is 304 g/mol. The van der Waals surface area contributed by atoms with Gasteiger partial charge in [-0.15, -0.1) is 0 Å². The average Bonchev–Trinajstić information content (AvgIpc) is 2.70. The largest absolute Gasteiger partial charge is 0.341 e. The molecule has 1 aromatic rings. The Hall–Kier alpha value is -1.41. The maximum absolute atomic E-state index is 11.8. The summed E-state index contributed by atoms with van der Waals surface area (Å²) < 4.78 is 23.2. The number of fused-ring (bicyclic) bond motifs is 1. The fourth-order valence-electron chi connectivity index (χ4n) is 2.61. The van der Waals surface area contributed by atoms with Crippen molar-refractivity contribution in [3.8, 4) is 0 Å². The molecule has 0 aromatic carbocycles. The van der Waals surface area contributed by atoms with Gasteiger partial charge in [0.05, 0.1) is 23.7 Å². The van der Waals surface area contributed by atoms with Gasteiger partial charge in [0.1, 0.15) is 5.69 Å². The van der Waals surface area contributed by atoms with Gasteiger partial charge in [0.25, 0.3) is 0 Å². The van der Waals surface area contributed by atoms with Crippen molar-refractivity contribution in [3.63, 3.8) is 0 Å². The fourth-order valence-corrected chi connectivity index (χ4v) is 4.55. The number of nitrogens with zero attached hydrogens (tertiary/aromatic N) is 3. The molecule has 108 valence electrons. The zero-order valence-electron chi connectivity index (χ0n) is 10.8. The molecule has 1 N–H and O–H groups in total. The van der Waals surface area contributed by atoms with Crippen molar-refractivity contribution >= 4 is 38.9 Å². The third kappa shape index (κ3) is 2.33. The van der Waals surface area contributed by atoms with Crippen LogP contribution in [0.15, 0.2) is 0 Å². The van der Waals surface area contributed by atoms with Crippen LogP contribution in [0, 0.1) is 6.92 Å². The van der Waals surface area contributed by atoms with Gasteiger partial charge in [0.15, 0.2) is 15.7 Å². The zero-order chi connectivity index (χ0) is 14.5. The van der Waals surface area contributed by atoms with Crippen molar-refractivity contribution < 1.29 is 13.2 Å². The van der Waals surface area contributed by atoms with Gasteiger partial charge in [-0.3, -0.25) is 4.79 Å². The quantitative estimate of drug-likeness (QED) is 0.753. The lowest BCUT2D eigenvalue weighted by atomic mass is 10.1. The number of nitrogens with one attached hydrogen (secondary N) is 1. The number of amides is 1. The summed E-state index contributed by atoms with van der Waals surface area (Å²) in [5, 5.41) is 2.80. The van der Waals surface area contributed by atoms with E-state index < -0.39 is 9.84 Å². The van der Waals surface area contributed by atoms with E-state index in [1.54, 1.807) is 11.8 Å². The Morgan fingerprint density at radius 2 is 2.15 bits per heavy atom. The molecule has 3 heterocycles. The Morgan fingerprint density at radius 1 is 1.40 bits per heavy atom. The number of hydrogen-bond acceptors (Lipinski definition) is 6. The first kappa shape index (κ1) is 13.6. The number of hydrogen-bond donors (Lipinski definition) is 1. The van der Waals surface area contributed by atoms with E-state index in [-0.39, 0.29) is 35.3 Å². The highest BCUT2D eigenvalue weighted by Gasteiger charge is 2.37. The topological polar surface area (TPSA) is 92.3 Å². The number of aromatic nitrogens is 2. The predicted molar refractivity (Wildman–Crippen MR) is 74.8 cm³/mol. The van der Waals surface area contributed by atoms with E-state index in [2.05, 4.69) is 15.3 Å². The molecule has 1 saturated heterocycles. The minimum Gasteiger partial charge on any atom is -0.341 e. The van der Waals surface area contributed by atoms with Crippen LogP contribution < -0.4 is 10.2 Å². The van der Waals surface area contributed by atoms with Crippen LogP contribution in [-0.4, -0.2) is 48.4 Å². The lowest BCUT2D eigenvalue weighted by molar-refractivity contribution is -0.115. The summed E-state index contributed by atoms with van der Waals surface area (Å²) in [6.07, 6.45) is 0.496. The third-order valence-corrected chi connectivity index (χ3v) is 5.46. The molecule has 2 aliphatic heterocycles. The maximum Gasteiger partial charge on any atom is 0.244 e. The smallest absolute Gasteiger partial charge is 0.244 e. The first-order valence-corrected chi connectivity index (χ1v) is 8.37. The molecular formula is C11H13ClN4O3S. The number of carbonyl (C=O) groups excluding carboxylic acids is 1. The van der Waals surface area contributed by atoms with E-state index in [1.165, 1.54) is 0 Å². The van der Waals surface area contributed by atoms with Gasteiger partial charge >= 0.3 is 0 Å². The van der Waals surface area contributed by atoms with E-state index in [4.69, 9.17) is 11.6 Å². The van der Waals surface area contributed by atoms with Crippen LogP contribution >= 0.6 is 11.6 Å². The molecule has 3 rings (SSSR count). The van der Waals surface area contributed by atoms with Crippen LogP contribution in [0.2, 0.25) is 5.28 Å². The van der Waals surface area contributed by atoms with E-state index in [9.17, 15) is 13.2 Å². The van der Waals surface area contributed by atoms with Gasteiger partial charge in [0.2, 0.25) is 11.2 Å². The predicted octanol–water partition coefficient (Wildman–Crippen LogP) is 0.384. The SMILES string of the molecule is Cc1nc(Cl)nc2c1NC(=O)CN2C1CCS(=O)(=O)C1. The Morgan fingerprint density at radius 3 is 2.80 bits per heavy atom. The van der Waals surface area contributed by atoms with Gasteiger partial charge < -0.3 is 10.2 Å².